The summed E-state index contributed by atoms with van der Waals surface area (Å²) in [5.41, 5.74) is 5.67. The number of amides is 1. The lowest BCUT2D eigenvalue weighted by atomic mass is 9.97. The summed E-state index contributed by atoms with van der Waals surface area (Å²) in [6.45, 7) is 1.82. The molecule has 0 saturated carbocycles. The van der Waals surface area contributed by atoms with Gasteiger partial charge in [0, 0.05) is 22.6 Å². The first-order valence-electron chi connectivity index (χ1n) is 13.5. The van der Waals surface area contributed by atoms with Gasteiger partial charge in [-0.25, -0.2) is 15.1 Å². The number of carbonyl (C=O) groups excluding carboxylic acids is 1. The number of thiophene rings is 1. The van der Waals surface area contributed by atoms with E-state index in [2.05, 4.69) is 10.5 Å². The minimum atomic E-state index is -0.393. The van der Waals surface area contributed by atoms with Crippen molar-refractivity contribution in [3.05, 3.63) is 102 Å². The van der Waals surface area contributed by atoms with Gasteiger partial charge in [-0.1, -0.05) is 41.6 Å². The smallest absolute Gasteiger partial charge is 0.280 e. The summed E-state index contributed by atoms with van der Waals surface area (Å²) in [7, 11) is 1.80. The standard InChI is InChI=1S/C30H27ClN6O3S2/c1-18-23(28(39)37(35(18)2)21-8-4-3-5-9-21)16-32-34-25(38)17-41-30-33-27-26(22-10-6-7-11-24(22)42-27)29(40)36(30)20-14-12-19(31)13-15-20/h3-5,8-9,12-16H,6-7,10-11,17H2,1-2H3,(H,34,38)/b32-16+. The number of aromatic nitrogens is 4. The number of rotatable bonds is 7. The summed E-state index contributed by atoms with van der Waals surface area (Å²) in [6.07, 6.45) is 5.35. The molecule has 12 heteroatoms. The van der Waals surface area contributed by atoms with E-state index < -0.39 is 5.91 Å². The normalized spacial score (nSPS) is 13.1. The van der Waals surface area contributed by atoms with Gasteiger partial charge in [0.05, 0.1) is 34.3 Å². The van der Waals surface area contributed by atoms with Crippen molar-refractivity contribution >= 4 is 57.0 Å². The van der Waals surface area contributed by atoms with E-state index in [1.165, 1.54) is 11.1 Å². The number of para-hydroxylation sites is 1. The van der Waals surface area contributed by atoms with E-state index in [0.29, 0.717) is 37.3 Å². The average Bonchev–Trinajstić information content (AvgIpc) is 3.47. The van der Waals surface area contributed by atoms with Gasteiger partial charge in [0.1, 0.15) is 4.83 Å². The predicted molar refractivity (Wildman–Crippen MR) is 169 cm³/mol. The van der Waals surface area contributed by atoms with Crippen molar-refractivity contribution in [1.82, 2.24) is 24.3 Å². The zero-order valence-electron chi connectivity index (χ0n) is 23.0. The van der Waals surface area contributed by atoms with Crippen LogP contribution in [0.2, 0.25) is 5.02 Å². The molecule has 214 valence electrons. The van der Waals surface area contributed by atoms with Gasteiger partial charge in [0.25, 0.3) is 17.0 Å². The number of halogens is 1. The molecule has 0 fully saturated rings. The second kappa shape index (κ2) is 11.7. The molecule has 6 rings (SSSR count). The van der Waals surface area contributed by atoms with Gasteiger partial charge in [-0.15, -0.1) is 11.3 Å². The van der Waals surface area contributed by atoms with E-state index >= 15 is 0 Å². The lowest BCUT2D eigenvalue weighted by molar-refractivity contribution is -0.118. The van der Waals surface area contributed by atoms with E-state index in [-0.39, 0.29) is 16.9 Å². The molecule has 2 aromatic carbocycles. The highest BCUT2D eigenvalue weighted by Crippen LogP contribution is 2.35. The molecule has 0 aliphatic heterocycles. The molecule has 0 atom stereocenters. The SMILES string of the molecule is Cc1c(/C=N/NC(=O)CSc2nc3sc4c(c3c(=O)n2-c2ccc(Cl)cc2)CCCC4)c(=O)n(-c2ccccc2)n1C. The van der Waals surface area contributed by atoms with Crippen molar-refractivity contribution in [2.45, 2.75) is 37.8 Å². The Kier molecular flexibility index (Phi) is 7.89. The quantitative estimate of drug-likeness (QED) is 0.119. The third-order valence-electron chi connectivity index (χ3n) is 7.36. The first-order chi connectivity index (χ1) is 20.3. The fourth-order valence-electron chi connectivity index (χ4n) is 5.17. The largest absolute Gasteiger partial charge is 0.285 e. The Labute approximate surface area is 254 Å². The van der Waals surface area contributed by atoms with E-state index in [1.807, 2.05) is 37.3 Å². The minimum absolute atomic E-state index is 0.0318. The molecule has 3 heterocycles. The zero-order valence-corrected chi connectivity index (χ0v) is 25.4. The van der Waals surface area contributed by atoms with Crippen LogP contribution < -0.4 is 16.5 Å². The predicted octanol–water partition coefficient (Wildman–Crippen LogP) is 5.02. The van der Waals surface area contributed by atoms with Crippen LogP contribution in [0.5, 0.6) is 0 Å². The van der Waals surface area contributed by atoms with E-state index in [9.17, 15) is 14.4 Å². The second-order valence-electron chi connectivity index (χ2n) is 9.96. The highest BCUT2D eigenvalue weighted by molar-refractivity contribution is 7.99. The van der Waals surface area contributed by atoms with Crippen molar-refractivity contribution in [1.29, 1.82) is 0 Å². The number of nitrogens with one attached hydrogen (secondary N) is 1. The Morgan fingerprint density at radius 2 is 1.81 bits per heavy atom. The number of benzene rings is 2. The molecule has 0 unspecified atom stereocenters. The molecule has 1 aliphatic carbocycles. The summed E-state index contributed by atoms with van der Waals surface area (Å²) in [5.74, 6) is -0.425. The number of hydrazone groups is 1. The zero-order chi connectivity index (χ0) is 29.4. The summed E-state index contributed by atoms with van der Waals surface area (Å²) >= 11 is 8.84. The van der Waals surface area contributed by atoms with Crippen LogP contribution in [0.4, 0.5) is 0 Å². The Hall–Kier alpha value is -3.93. The topological polar surface area (TPSA) is 103 Å². The monoisotopic (exact) mass is 618 g/mol. The Balaban J connectivity index is 1.25. The summed E-state index contributed by atoms with van der Waals surface area (Å²) < 4.78 is 4.85. The third-order valence-corrected chi connectivity index (χ3v) is 9.73. The fourth-order valence-corrected chi connectivity index (χ4v) is 7.40. The highest BCUT2D eigenvalue weighted by Gasteiger charge is 2.23. The van der Waals surface area contributed by atoms with E-state index in [4.69, 9.17) is 16.6 Å². The fraction of sp³-hybridized carbons (Fsp3) is 0.233. The average molecular weight is 619 g/mol. The van der Waals surface area contributed by atoms with Crippen molar-refractivity contribution in [3.63, 3.8) is 0 Å². The number of nitrogens with zero attached hydrogens (tertiary/aromatic N) is 5. The highest BCUT2D eigenvalue weighted by atomic mass is 35.5. The van der Waals surface area contributed by atoms with Gasteiger partial charge in [0.2, 0.25) is 0 Å². The number of aryl methyl sites for hydroxylation is 2. The maximum absolute atomic E-state index is 13.9. The molecule has 0 radical (unpaired) electrons. The molecule has 0 bridgehead atoms. The molecule has 9 nitrogen and oxygen atoms in total. The first-order valence-corrected chi connectivity index (χ1v) is 15.6. The van der Waals surface area contributed by atoms with E-state index in [0.717, 1.165) is 48.7 Å². The molecular weight excluding hydrogens is 592 g/mol. The Bertz CT molecular complexity index is 1960. The number of hydrogen-bond acceptors (Lipinski definition) is 7. The molecule has 5 aromatic rings. The summed E-state index contributed by atoms with van der Waals surface area (Å²) in [6, 6.07) is 16.3. The van der Waals surface area contributed by atoms with Gasteiger partial charge in [0.15, 0.2) is 5.16 Å². The van der Waals surface area contributed by atoms with Gasteiger partial charge in [-0.2, -0.15) is 5.10 Å². The summed E-state index contributed by atoms with van der Waals surface area (Å²) in [4.78, 5) is 46.5. The molecule has 0 spiro atoms. The van der Waals surface area contributed by atoms with Crippen molar-refractivity contribution in [2.75, 3.05) is 5.75 Å². The lowest BCUT2D eigenvalue weighted by Gasteiger charge is -2.13. The molecule has 3 aromatic heterocycles. The van der Waals surface area contributed by atoms with Crippen LogP contribution in [-0.4, -0.2) is 36.8 Å². The molecule has 0 saturated heterocycles. The van der Waals surface area contributed by atoms with Crippen LogP contribution in [0.15, 0.2) is 74.4 Å². The van der Waals surface area contributed by atoms with Crippen LogP contribution in [0.3, 0.4) is 0 Å². The van der Waals surface area contributed by atoms with Crippen molar-refractivity contribution in [2.24, 2.45) is 12.1 Å². The third kappa shape index (κ3) is 5.23. The van der Waals surface area contributed by atoms with Crippen LogP contribution in [0.1, 0.15) is 34.5 Å². The Morgan fingerprint density at radius 1 is 1.07 bits per heavy atom. The molecular formula is C30H27ClN6O3S2. The van der Waals surface area contributed by atoms with Crippen LogP contribution in [0, 0.1) is 6.92 Å². The van der Waals surface area contributed by atoms with Crippen LogP contribution in [-0.2, 0) is 24.7 Å². The lowest BCUT2D eigenvalue weighted by Crippen LogP contribution is -2.24. The van der Waals surface area contributed by atoms with Gasteiger partial charge in [-0.3, -0.25) is 23.6 Å². The van der Waals surface area contributed by atoms with Crippen molar-refractivity contribution < 1.29 is 4.79 Å². The van der Waals surface area contributed by atoms with Crippen LogP contribution in [0.25, 0.3) is 21.6 Å². The number of fused-ring (bicyclic) bond motifs is 3. The molecule has 1 N–H and O–H groups in total. The maximum atomic E-state index is 13.9. The van der Waals surface area contributed by atoms with Crippen LogP contribution >= 0.6 is 34.7 Å². The maximum Gasteiger partial charge on any atom is 0.280 e. The van der Waals surface area contributed by atoms with Gasteiger partial charge in [-0.05, 0) is 74.6 Å². The summed E-state index contributed by atoms with van der Waals surface area (Å²) in [5, 5.41) is 5.70. The number of thioether (sulfide) groups is 1. The Morgan fingerprint density at radius 3 is 2.57 bits per heavy atom. The number of hydrogen-bond donors (Lipinski definition) is 1. The minimum Gasteiger partial charge on any atom is -0.285 e. The second-order valence-corrected chi connectivity index (χ2v) is 12.4. The van der Waals surface area contributed by atoms with Gasteiger partial charge >= 0.3 is 0 Å². The molecule has 1 aliphatic rings. The molecule has 42 heavy (non-hydrogen) atoms. The van der Waals surface area contributed by atoms with Crippen molar-refractivity contribution in [3.8, 4) is 11.4 Å². The first kappa shape index (κ1) is 28.2. The van der Waals surface area contributed by atoms with E-state index in [1.54, 1.807) is 56.6 Å². The molecule has 1 amide bonds. The number of carbonyl (C=O) groups is 1. The van der Waals surface area contributed by atoms with Gasteiger partial charge < -0.3 is 0 Å².